The number of ether oxygens (including phenoxy) is 3. The van der Waals surface area contributed by atoms with Crippen LogP contribution < -0.4 is 14.3 Å². The van der Waals surface area contributed by atoms with E-state index in [1.165, 1.54) is 18.4 Å². The van der Waals surface area contributed by atoms with Gasteiger partial charge in [-0.2, -0.15) is 4.99 Å². The fourth-order valence-electron chi connectivity index (χ4n) is 2.76. The van der Waals surface area contributed by atoms with Crippen molar-refractivity contribution >= 4 is 33.4 Å². The maximum atomic E-state index is 12.4. The van der Waals surface area contributed by atoms with E-state index in [1.54, 1.807) is 47.9 Å². The molecule has 8 heteroatoms. The van der Waals surface area contributed by atoms with Crippen LogP contribution in [0, 0.1) is 12.3 Å². The van der Waals surface area contributed by atoms with Crippen molar-refractivity contribution in [1.82, 2.24) is 4.57 Å². The lowest BCUT2D eigenvalue weighted by molar-refractivity contribution is -0.120. The lowest BCUT2D eigenvalue weighted by atomic mass is 10.2. The Balaban J connectivity index is 1.90. The highest BCUT2D eigenvalue weighted by molar-refractivity contribution is 7.16. The molecular weight excluding hydrogens is 404 g/mol. The van der Waals surface area contributed by atoms with Crippen LogP contribution in [0.1, 0.15) is 17.3 Å². The topological polar surface area (TPSA) is 79.1 Å². The number of fused-ring (bicyclic) bond motifs is 1. The van der Waals surface area contributed by atoms with Crippen LogP contribution in [0.5, 0.6) is 11.5 Å². The smallest absolute Gasteiger partial charge is 0.338 e. The summed E-state index contributed by atoms with van der Waals surface area (Å²) in [5, 5.41) is 0. The second-order valence-corrected chi connectivity index (χ2v) is 7.03. The van der Waals surface area contributed by atoms with E-state index in [0.29, 0.717) is 28.5 Å². The highest BCUT2D eigenvalue weighted by Crippen LogP contribution is 2.25. The first kappa shape index (κ1) is 21.1. The largest absolute Gasteiger partial charge is 0.493 e. The van der Waals surface area contributed by atoms with Crippen molar-refractivity contribution in [2.24, 2.45) is 4.99 Å². The van der Waals surface area contributed by atoms with E-state index in [1.807, 2.05) is 6.07 Å². The number of rotatable bonds is 7. The minimum atomic E-state index is -0.469. The van der Waals surface area contributed by atoms with Crippen molar-refractivity contribution in [2.45, 2.75) is 13.5 Å². The maximum absolute atomic E-state index is 12.4. The highest BCUT2D eigenvalue weighted by Gasteiger charge is 2.13. The Bertz CT molecular complexity index is 1190. The molecule has 2 aromatic carbocycles. The normalized spacial score (nSPS) is 11.2. The molecule has 0 aliphatic rings. The minimum Gasteiger partial charge on any atom is -0.493 e. The molecule has 0 saturated carbocycles. The van der Waals surface area contributed by atoms with E-state index in [0.717, 1.165) is 10.2 Å². The standard InChI is InChI=1S/C22H20N2O5S/c1-4-12-24-16-11-10-15(21(26)28-5-2)13-19(16)30-22(24)23-20(25)14-29-18-9-7-6-8-17(18)27-3/h1,6-11,13H,5,12,14H2,2-3H3. The van der Waals surface area contributed by atoms with Crippen LogP contribution in [-0.4, -0.2) is 36.8 Å². The fraction of sp³-hybridized carbons (Fsp3) is 0.227. The predicted octanol–water partition coefficient (Wildman–Crippen LogP) is 3.03. The Labute approximate surface area is 177 Å². The summed E-state index contributed by atoms with van der Waals surface area (Å²) in [6, 6.07) is 12.2. The summed E-state index contributed by atoms with van der Waals surface area (Å²) >= 11 is 1.26. The number of esters is 1. The number of carbonyl (C=O) groups excluding carboxylic acids is 2. The molecule has 0 aliphatic carbocycles. The molecule has 0 fully saturated rings. The quantitative estimate of drug-likeness (QED) is 0.430. The van der Waals surface area contributed by atoms with E-state index in [-0.39, 0.29) is 13.2 Å². The van der Waals surface area contributed by atoms with E-state index in [2.05, 4.69) is 10.9 Å². The molecule has 3 aromatic rings. The van der Waals surface area contributed by atoms with Gasteiger partial charge in [0.1, 0.15) is 0 Å². The van der Waals surface area contributed by atoms with Gasteiger partial charge in [0.2, 0.25) is 0 Å². The Morgan fingerprint density at radius 2 is 1.97 bits per heavy atom. The summed E-state index contributed by atoms with van der Waals surface area (Å²) in [6.45, 7) is 2.02. The third kappa shape index (κ3) is 4.70. The molecular formula is C22H20N2O5S. The van der Waals surface area contributed by atoms with Gasteiger partial charge in [-0.3, -0.25) is 4.79 Å². The number of hydrogen-bond donors (Lipinski definition) is 0. The average molecular weight is 424 g/mol. The first-order valence-electron chi connectivity index (χ1n) is 9.14. The molecule has 0 unspecified atom stereocenters. The van der Waals surface area contributed by atoms with Crippen LogP contribution in [0.15, 0.2) is 47.5 Å². The SMILES string of the molecule is C#CCn1c(=NC(=O)COc2ccccc2OC)sc2cc(C(=O)OCC)ccc21. The van der Waals surface area contributed by atoms with Gasteiger partial charge in [-0.1, -0.05) is 29.4 Å². The number of aromatic nitrogens is 1. The van der Waals surface area contributed by atoms with Gasteiger partial charge in [-0.05, 0) is 37.3 Å². The molecule has 30 heavy (non-hydrogen) atoms. The second-order valence-electron chi connectivity index (χ2n) is 6.02. The molecule has 1 heterocycles. The number of terminal acetylenes is 1. The molecule has 0 radical (unpaired) electrons. The number of nitrogens with zero attached hydrogens (tertiary/aromatic N) is 2. The summed E-state index contributed by atoms with van der Waals surface area (Å²) in [5.74, 6) is 2.67. The van der Waals surface area contributed by atoms with Crippen LogP contribution in [-0.2, 0) is 16.1 Å². The van der Waals surface area contributed by atoms with Crippen molar-refractivity contribution in [1.29, 1.82) is 0 Å². The summed E-state index contributed by atoms with van der Waals surface area (Å²) < 4.78 is 18.3. The van der Waals surface area contributed by atoms with Crippen molar-refractivity contribution in [2.75, 3.05) is 20.3 Å². The summed E-state index contributed by atoms with van der Waals surface area (Å²) in [7, 11) is 1.53. The van der Waals surface area contributed by atoms with Gasteiger partial charge in [0, 0.05) is 0 Å². The molecule has 0 atom stereocenters. The molecule has 0 aliphatic heterocycles. The molecule has 0 spiro atoms. The van der Waals surface area contributed by atoms with Gasteiger partial charge >= 0.3 is 5.97 Å². The van der Waals surface area contributed by atoms with Crippen LogP contribution >= 0.6 is 11.3 Å². The first-order valence-corrected chi connectivity index (χ1v) is 9.96. The molecule has 3 rings (SSSR count). The second kappa shape index (κ2) is 9.76. The van der Waals surface area contributed by atoms with Gasteiger partial charge < -0.3 is 18.8 Å². The Morgan fingerprint density at radius 3 is 2.67 bits per heavy atom. The first-order chi connectivity index (χ1) is 14.6. The monoisotopic (exact) mass is 424 g/mol. The molecule has 0 N–H and O–H groups in total. The number of para-hydroxylation sites is 2. The summed E-state index contributed by atoms with van der Waals surface area (Å²) in [4.78, 5) is 29.0. The summed E-state index contributed by atoms with van der Waals surface area (Å²) in [5.41, 5.74) is 1.21. The van der Waals surface area contributed by atoms with Gasteiger partial charge in [0.05, 0.1) is 36.0 Å². The Kier molecular flexibility index (Phi) is 6.88. The minimum absolute atomic E-state index is 0.234. The molecule has 1 amide bonds. The van der Waals surface area contributed by atoms with Crippen molar-refractivity contribution in [3.05, 3.63) is 52.8 Å². The molecule has 7 nitrogen and oxygen atoms in total. The molecule has 0 saturated heterocycles. The maximum Gasteiger partial charge on any atom is 0.338 e. The zero-order valence-electron chi connectivity index (χ0n) is 16.6. The van der Waals surface area contributed by atoms with Crippen LogP contribution in [0.25, 0.3) is 10.2 Å². The van der Waals surface area contributed by atoms with Crippen molar-refractivity contribution in [3.63, 3.8) is 0 Å². The van der Waals surface area contributed by atoms with E-state index in [9.17, 15) is 9.59 Å². The van der Waals surface area contributed by atoms with Crippen LogP contribution in [0.4, 0.5) is 0 Å². The molecule has 154 valence electrons. The highest BCUT2D eigenvalue weighted by atomic mass is 32.1. The number of thiazole rings is 1. The third-order valence-electron chi connectivity index (χ3n) is 4.08. The van der Waals surface area contributed by atoms with Gasteiger partial charge in [0.25, 0.3) is 5.91 Å². The predicted molar refractivity (Wildman–Crippen MR) is 114 cm³/mol. The fourth-order valence-corrected chi connectivity index (χ4v) is 3.85. The van der Waals surface area contributed by atoms with Gasteiger partial charge in [0.15, 0.2) is 22.9 Å². The lowest BCUT2D eigenvalue weighted by Gasteiger charge is -2.08. The third-order valence-corrected chi connectivity index (χ3v) is 5.13. The van der Waals surface area contributed by atoms with E-state index >= 15 is 0 Å². The number of benzene rings is 2. The van der Waals surface area contributed by atoms with E-state index < -0.39 is 11.9 Å². The van der Waals surface area contributed by atoms with Crippen molar-refractivity contribution in [3.8, 4) is 23.8 Å². The number of hydrogen-bond acceptors (Lipinski definition) is 6. The molecule has 1 aromatic heterocycles. The van der Waals surface area contributed by atoms with Crippen molar-refractivity contribution < 1.29 is 23.8 Å². The zero-order valence-corrected chi connectivity index (χ0v) is 17.4. The zero-order chi connectivity index (χ0) is 21.5. The molecule has 0 bridgehead atoms. The Morgan fingerprint density at radius 1 is 1.20 bits per heavy atom. The summed E-state index contributed by atoms with van der Waals surface area (Å²) in [6.07, 6.45) is 5.49. The van der Waals surface area contributed by atoms with E-state index in [4.69, 9.17) is 20.6 Å². The number of carbonyl (C=O) groups is 2. The van der Waals surface area contributed by atoms with Crippen LogP contribution in [0.2, 0.25) is 0 Å². The number of amides is 1. The number of methoxy groups -OCH3 is 1. The van der Waals surface area contributed by atoms with Gasteiger partial charge in [-0.15, -0.1) is 6.42 Å². The van der Waals surface area contributed by atoms with Gasteiger partial charge in [-0.25, -0.2) is 4.79 Å². The lowest BCUT2D eigenvalue weighted by Crippen LogP contribution is -2.19. The van der Waals surface area contributed by atoms with Crippen LogP contribution in [0.3, 0.4) is 0 Å². The average Bonchev–Trinajstić information content (AvgIpc) is 3.09. The Hall–Kier alpha value is -3.57.